The summed E-state index contributed by atoms with van der Waals surface area (Å²) < 4.78 is 0. The van der Waals surface area contributed by atoms with Gasteiger partial charge < -0.3 is 15.1 Å². The van der Waals surface area contributed by atoms with Crippen molar-refractivity contribution in [2.75, 3.05) is 29.4 Å². The predicted octanol–water partition coefficient (Wildman–Crippen LogP) is 3.17. The zero-order valence-electron chi connectivity index (χ0n) is 18.1. The van der Waals surface area contributed by atoms with Gasteiger partial charge >= 0.3 is 0 Å². The average molecular weight is 444 g/mol. The number of para-hydroxylation sites is 1. The summed E-state index contributed by atoms with van der Waals surface area (Å²) in [6.07, 6.45) is 3.91. The number of non-ortho nitro benzene ring substituents is 1. The number of piperazine rings is 1. The summed E-state index contributed by atoms with van der Waals surface area (Å²) in [5.74, 6) is -0.358. The first-order valence-electron chi connectivity index (χ1n) is 11.1. The highest BCUT2D eigenvalue weighted by Crippen LogP contribution is 2.38. The van der Waals surface area contributed by atoms with Crippen LogP contribution in [0.25, 0.3) is 0 Å². The number of nitrogens with one attached hydrogen (secondary N) is 1. The van der Waals surface area contributed by atoms with Gasteiger partial charge in [-0.25, -0.2) is 0 Å². The molecule has 168 valence electrons. The van der Waals surface area contributed by atoms with E-state index in [0.29, 0.717) is 19.5 Å². The summed E-state index contributed by atoms with van der Waals surface area (Å²) >= 11 is 0. The minimum Gasteiger partial charge on any atom is -0.368 e. The van der Waals surface area contributed by atoms with E-state index in [1.165, 1.54) is 0 Å². The maximum atomic E-state index is 13.4. The maximum Gasteiger partial charge on any atom is 0.269 e. The number of rotatable bonds is 5. The van der Waals surface area contributed by atoms with E-state index in [0.717, 1.165) is 35.6 Å². The van der Waals surface area contributed by atoms with Gasteiger partial charge in [0, 0.05) is 62.1 Å². The number of anilines is 2. The van der Waals surface area contributed by atoms with Crippen LogP contribution in [-0.4, -0.2) is 41.5 Å². The molecule has 0 unspecified atom stereocenters. The molecule has 5 rings (SSSR count). The molecule has 2 aliphatic rings. The lowest BCUT2D eigenvalue weighted by atomic mass is 9.83. The number of pyridine rings is 1. The summed E-state index contributed by atoms with van der Waals surface area (Å²) in [5, 5.41) is 14.4. The number of benzene rings is 2. The molecule has 2 atom stereocenters. The quantitative estimate of drug-likeness (QED) is 0.481. The normalized spacial score (nSPS) is 19.4. The van der Waals surface area contributed by atoms with Crippen LogP contribution in [-0.2, 0) is 17.8 Å². The smallest absolute Gasteiger partial charge is 0.269 e. The van der Waals surface area contributed by atoms with Gasteiger partial charge in [-0.2, -0.15) is 0 Å². The Hall–Kier alpha value is -3.94. The summed E-state index contributed by atoms with van der Waals surface area (Å²) in [6.45, 7) is 2.68. The fraction of sp³-hybridized carbons (Fsp3) is 0.280. The van der Waals surface area contributed by atoms with Crippen molar-refractivity contribution in [3.05, 3.63) is 94.3 Å². The molecule has 3 aromatic rings. The summed E-state index contributed by atoms with van der Waals surface area (Å²) in [7, 11) is 0. The Bertz CT molecular complexity index is 1160. The van der Waals surface area contributed by atoms with Crippen LogP contribution in [0.4, 0.5) is 17.1 Å². The van der Waals surface area contributed by atoms with Gasteiger partial charge in [-0.15, -0.1) is 0 Å². The number of carbonyl (C=O) groups excluding carboxylic acids is 1. The zero-order chi connectivity index (χ0) is 22.8. The van der Waals surface area contributed by atoms with Gasteiger partial charge in [0.25, 0.3) is 5.69 Å². The maximum absolute atomic E-state index is 13.4. The van der Waals surface area contributed by atoms with E-state index in [-0.39, 0.29) is 28.5 Å². The molecule has 8 nitrogen and oxygen atoms in total. The second-order valence-electron chi connectivity index (χ2n) is 8.50. The lowest BCUT2D eigenvalue weighted by Crippen LogP contribution is -2.61. The highest BCUT2D eigenvalue weighted by atomic mass is 16.6. The van der Waals surface area contributed by atoms with E-state index < -0.39 is 0 Å². The topological polar surface area (TPSA) is 91.6 Å². The number of carbonyl (C=O) groups is 1. The first-order chi connectivity index (χ1) is 16.1. The van der Waals surface area contributed by atoms with E-state index in [9.17, 15) is 14.9 Å². The fourth-order valence-corrected chi connectivity index (χ4v) is 4.92. The number of hydrogen-bond donors (Lipinski definition) is 1. The van der Waals surface area contributed by atoms with Gasteiger partial charge in [-0.3, -0.25) is 19.9 Å². The van der Waals surface area contributed by atoms with Crippen molar-refractivity contribution in [1.29, 1.82) is 0 Å². The molecule has 0 aliphatic carbocycles. The molecular formula is C25H25N5O3. The van der Waals surface area contributed by atoms with Crippen LogP contribution in [0.15, 0.2) is 73.1 Å². The molecule has 1 fully saturated rings. The molecule has 0 saturated carbocycles. The molecule has 33 heavy (non-hydrogen) atoms. The highest BCUT2D eigenvalue weighted by molar-refractivity contribution is 5.82. The Kier molecular flexibility index (Phi) is 5.64. The standard InChI is InChI=1S/C25H25N5O3/c31-25(27-16-18-5-4-10-26-15-18)22-14-19-13-21(30(32)33)8-9-23(19)29-12-11-28(17-24(22)29)20-6-2-1-3-7-20/h1-10,13,15,22,24H,11-12,14,16-17H2,(H,27,31)/t22-,24+/m1/s1. The van der Waals surface area contributed by atoms with Crippen molar-refractivity contribution >= 4 is 23.0 Å². The van der Waals surface area contributed by atoms with Crippen LogP contribution in [0.1, 0.15) is 11.1 Å². The van der Waals surface area contributed by atoms with Crippen molar-refractivity contribution in [3.8, 4) is 0 Å². The number of fused-ring (bicyclic) bond motifs is 3. The molecule has 2 aliphatic heterocycles. The van der Waals surface area contributed by atoms with Gasteiger partial charge in [0.1, 0.15) is 0 Å². The lowest BCUT2D eigenvalue weighted by molar-refractivity contribution is -0.384. The molecule has 0 bridgehead atoms. The van der Waals surface area contributed by atoms with Gasteiger partial charge in [-0.05, 0) is 41.8 Å². The third kappa shape index (κ3) is 4.24. The number of nitro benzene ring substituents is 1. The van der Waals surface area contributed by atoms with Crippen LogP contribution >= 0.6 is 0 Å². The average Bonchev–Trinajstić information content (AvgIpc) is 2.87. The van der Waals surface area contributed by atoms with Gasteiger partial charge in [0.15, 0.2) is 0 Å². The lowest BCUT2D eigenvalue weighted by Gasteiger charge is -2.49. The third-order valence-corrected chi connectivity index (χ3v) is 6.55. The van der Waals surface area contributed by atoms with Crippen LogP contribution in [0.2, 0.25) is 0 Å². The molecule has 2 aromatic carbocycles. The van der Waals surface area contributed by atoms with Crippen LogP contribution < -0.4 is 15.1 Å². The van der Waals surface area contributed by atoms with Crippen molar-refractivity contribution in [2.45, 2.75) is 19.0 Å². The number of nitro groups is 1. The number of aromatic nitrogens is 1. The van der Waals surface area contributed by atoms with Crippen molar-refractivity contribution in [3.63, 3.8) is 0 Å². The second kappa shape index (κ2) is 8.90. The third-order valence-electron chi connectivity index (χ3n) is 6.55. The summed E-state index contributed by atoms with van der Waals surface area (Å²) in [4.78, 5) is 33.0. The highest BCUT2D eigenvalue weighted by Gasteiger charge is 2.42. The Morgan fingerprint density at radius 3 is 2.73 bits per heavy atom. The van der Waals surface area contributed by atoms with Crippen molar-refractivity contribution < 1.29 is 9.72 Å². The molecular weight excluding hydrogens is 418 g/mol. The second-order valence-corrected chi connectivity index (χ2v) is 8.50. The molecule has 1 N–H and O–H groups in total. The molecule has 0 radical (unpaired) electrons. The molecule has 1 aromatic heterocycles. The van der Waals surface area contributed by atoms with Gasteiger partial charge in [0.2, 0.25) is 5.91 Å². The van der Waals surface area contributed by atoms with E-state index in [1.807, 2.05) is 36.4 Å². The number of hydrogen-bond acceptors (Lipinski definition) is 6. The largest absolute Gasteiger partial charge is 0.368 e. The molecule has 1 saturated heterocycles. The monoisotopic (exact) mass is 443 g/mol. The van der Waals surface area contributed by atoms with Gasteiger partial charge in [0.05, 0.1) is 16.9 Å². The number of nitrogens with zero attached hydrogens (tertiary/aromatic N) is 4. The first kappa shape index (κ1) is 20.9. The summed E-state index contributed by atoms with van der Waals surface area (Å²) in [5.41, 5.74) is 3.99. The Morgan fingerprint density at radius 1 is 1.12 bits per heavy atom. The molecule has 1 amide bonds. The van der Waals surface area contributed by atoms with E-state index in [4.69, 9.17) is 0 Å². The van der Waals surface area contributed by atoms with Crippen molar-refractivity contribution in [2.24, 2.45) is 5.92 Å². The minimum atomic E-state index is -0.378. The van der Waals surface area contributed by atoms with Crippen LogP contribution in [0.5, 0.6) is 0 Å². The van der Waals surface area contributed by atoms with Crippen molar-refractivity contribution in [1.82, 2.24) is 10.3 Å². The molecule has 8 heteroatoms. The van der Waals surface area contributed by atoms with Gasteiger partial charge in [-0.1, -0.05) is 24.3 Å². The SMILES string of the molecule is O=C(NCc1cccnc1)[C@@H]1Cc2cc([N+](=O)[O-])ccc2N2CCN(c3ccccc3)C[C@@H]12. The van der Waals surface area contributed by atoms with E-state index >= 15 is 0 Å². The predicted molar refractivity (Wildman–Crippen MR) is 126 cm³/mol. The van der Waals surface area contributed by atoms with Crippen LogP contribution in [0, 0.1) is 16.0 Å². The fourth-order valence-electron chi connectivity index (χ4n) is 4.92. The van der Waals surface area contributed by atoms with Crippen LogP contribution in [0.3, 0.4) is 0 Å². The summed E-state index contributed by atoms with van der Waals surface area (Å²) in [6, 6.07) is 19.0. The zero-order valence-corrected chi connectivity index (χ0v) is 18.1. The Labute approximate surface area is 192 Å². The molecule has 0 spiro atoms. The Morgan fingerprint density at radius 2 is 1.97 bits per heavy atom. The minimum absolute atomic E-state index is 0.0261. The van der Waals surface area contributed by atoms with E-state index in [2.05, 4.69) is 32.2 Å². The van der Waals surface area contributed by atoms with E-state index in [1.54, 1.807) is 24.5 Å². The first-order valence-corrected chi connectivity index (χ1v) is 11.1. The molecule has 3 heterocycles. The number of amides is 1. The Balaban J connectivity index is 1.43.